The van der Waals surface area contributed by atoms with Crippen molar-refractivity contribution in [1.82, 2.24) is 4.98 Å². The molecule has 1 heterocycles. The molecule has 1 aliphatic carbocycles. The van der Waals surface area contributed by atoms with Gasteiger partial charge < -0.3 is 5.73 Å². The van der Waals surface area contributed by atoms with Crippen molar-refractivity contribution >= 4 is 27.5 Å². The van der Waals surface area contributed by atoms with Crippen LogP contribution in [0, 0.1) is 0 Å². The molecule has 4 heteroatoms. The van der Waals surface area contributed by atoms with Crippen LogP contribution in [0.5, 0.6) is 0 Å². The van der Waals surface area contributed by atoms with E-state index >= 15 is 0 Å². The van der Waals surface area contributed by atoms with E-state index < -0.39 is 0 Å². The van der Waals surface area contributed by atoms with Gasteiger partial charge in [-0.3, -0.25) is 4.98 Å². The van der Waals surface area contributed by atoms with Gasteiger partial charge in [0.05, 0.1) is 0 Å². The number of aromatic nitrogens is 1. The molecule has 0 fully saturated rings. The van der Waals surface area contributed by atoms with Crippen molar-refractivity contribution < 1.29 is 0 Å². The molecule has 0 saturated carbocycles. The van der Waals surface area contributed by atoms with Crippen molar-refractivity contribution in [1.29, 1.82) is 0 Å². The van der Waals surface area contributed by atoms with E-state index in [1.54, 1.807) is 0 Å². The fourth-order valence-electron chi connectivity index (χ4n) is 2.98. The minimum atomic E-state index is -0.117. The third-order valence-electron chi connectivity index (χ3n) is 3.99. The molecule has 0 bridgehead atoms. The molecule has 2 unspecified atom stereocenters. The average molecular weight is 352 g/mol. The van der Waals surface area contributed by atoms with E-state index in [-0.39, 0.29) is 12.0 Å². The number of pyridine rings is 1. The summed E-state index contributed by atoms with van der Waals surface area (Å²) in [6.45, 7) is 0. The molecule has 2 aromatic rings. The molecule has 2 N–H and O–H groups in total. The van der Waals surface area contributed by atoms with E-state index in [9.17, 15) is 0 Å². The van der Waals surface area contributed by atoms with Gasteiger partial charge in [-0.05, 0) is 54.7 Å². The zero-order chi connectivity index (χ0) is 14.1. The molecule has 0 saturated heterocycles. The summed E-state index contributed by atoms with van der Waals surface area (Å²) in [5.41, 5.74) is 9.96. The van der Waals surface area contributed by atoms with Gasteiger partial charge in [-0.1, -0.05) is 33.6 Å². The predicted molar refractivity (Wildman–Crippen MR) is 86.0 cm³/mol. The first-order valence-corrected chi connectivity index (χ1v) is 7.98. The number of benzene rings is 1. The SMILES string of the molecule is NC(c1cc(Br)ccc1Cl)C1CCCc2cccnc21. The van der Waals surface area contributed by atoms with Gasteiger partial charge in [0.15, 0.2) is 0 Å². The van der Waals surface area contributed by atoms with Crippen molar-refractivity contribution in [3.05, 3.63) is 62.8 Å². The Bertz CT molecular complexity index is 630. The van der Waals surface area contributed by atoms with Gasteiger partial charge in [0, 0.05) is 33.3 Å². The van der Waals surface area contributed by atoms with Gasteiger partial charge in [0.1, 0.15) is 0 Å². The molecule has 2 atom stereocenters. The van der Waals surface area contributed by atoms with Gasteiger partial charge in [0.2, 0.25) is 0 Å². The quantitative estimate of drug-likeness (QED) is 0.857. The second-order valence-electron chi connectivity index (χ2n) is 5.24. The number of hydrogen-bond acceptors (Lipinski definition) is 2. The fourth-order valence-corrected chi connectivity index (χ4v) is 3.60. The Kier molecular flexibility index (Phi) is 4.11. The topological polar surface area (TPSA) is 38.9 Å². The highest BCUT2D eigenvalue weighted by molar-refractivity contribution is 9.10. The predicted octanol–water partition coefficient (Wildman–Crippen LogP) is 4.62. The summed E-state index contributed by atoms with van der Waals surface area (Å²) in [6.07, 6.45) is 5.17. The molecular formula is C16H16BrClN2. The third-order valence-corrected chi connectivity index (χ3v) is 4.83. The standard InChI is InChI=1S/C16H16BrClN2/c17-11-6-7-14(18)13(9-11)15(19)12-5-1-3-10-4-2-8-20-16(10)12/h2,4,6-9,12,15H,1,3,5,19H2. The van der Waals surface area contributed by atoms with E-state index in [4.69, 9.17) is 17.3 Å². The van der Waals surface area contributed by atoms with Crippen LogP contribution in [0.1, 0.15) is 41.6 Å². The lowest BCUT2D eigenvalue weighted by atomic mass is 9.80. The second-order valence-corrected chi connectivity index (χ2v) is 6.56. The largest absolute Gasteiger partial charge is 0.323 e. The Balaban J connectivity index is 1.99. The van der Waals surface area contributed by atoms with E-state index in [2.05, 4.69) is 27.0 Å². The van der Waals surface area contributed by atoms with Crippen LogP contribution in [-0.4, -0.2) is 4.98 Å². The zero-order valence-electron chi connectivity index (χ0n) is 11.0. The molecule has 1 aromatic heterocycles. The molecule has 0 amide bonds. The summed E-state index contributed by atoms with van der Waals surface area (Å²) >= 11 is 9.81. The van der Waals surface area contributed by atoms with Crippen molar-refractivity contribution in [3.63, 3.8) is 0 Å². The maximum Gasteiger partial charge on any atom is 0.0485 e. The Hall–Kier alpha value is -0.900. The van der Waals surface area contributed by atoms with Crippen LogP contribution in [-0.2, 0) is 6.42 Å². The van der Waals surface area contributed by atoms with Gasteiger partial charge in [0.25, 0.3) is 0 Å². The van der Waals surface area contributed by atoms with E-state index in [1.165, 1.54) is 5.56 Å². The zero-order valence-corrected chi connectivity index (χ0v) is 13.4. The third kappa shape index (κ3) is 2.62. The number of aryl methyl sites for hydroxylation is 1. The smallest absolute Gasteiger partial charge is 0.0485 e. The van der Waals surface area contributed by atoms with Crippen LogP contribution in [0.2, 0.25) is 5.02 Å². The van der Waals surface area contributed by atoms with Crippen molar-refractivity contribution in [3.8, 4) is 0 Å². The Morgan fingerprint density at radius 3 is 3.05 bits per heavy atom. The number of halogens is 2. The lowest BCUT2D eigenvalue weighted by Gasteiger charge is -2.29. The highest BCUT2D eigenvalue weighted by Gasteiger charge is 2.28. The summed E-state index contributed by atoms with van der Waals surface area (Å²) in [5, 5.41) is 0.726. The van der Waals surface area contributed by atoms with Crippen LogP contribution in [0.15, 0.2) is 41.0 Å². The normalized spacial score (nSPS) is 19.4. The van der Waals surface area contributed by atoms with Crippen LogP contribution >= 0.6 is 27.5 Å². The van der Waals surface area contributed by atoms with Crippen molar-refractivity contribution in [2.75, 3.05) is 0 Å². The number of nitrogens with zero attached hydrogens (tertiary/aromatic N) is 1. The maximum atomic E-state index is 6.51. The summed E-state index contributed by atoms with van der Waals surface area (Å²) in [4.78, 5) is 4.56. The highest BCUT2D eigenvalue weighted by atomic mass is 79.9. The molecule has 2 nitrogen and oxygen atoms in total. The van der Waals surface area contributed by atoms with Crippen LogP contribution in [0.25, 0.3) is 0 Å². The fraction of sp³-hybridized carbons (Fsp3) is 0.312. The molecular weight excluding hydrogens is 336 g/mol. The Morgan fingerprint density at radius 1 is 1.35 bits per heavy atom. The number of fused-ring (bicyclic) bond motifs is 1. The number of nitrogens with two attached hydrogens (primary N) is 1. The van der Waals surface area contributed by atoms with Crippen LogP contribution in [0.4, 0.5) is 0 Å². The van der Waals surface area contributed by atoms with E-state index in [1.807, 2.05) is 30.5 Å². The molecule has 0 radical (unpaired) electrons. The average Bonchev–Trinajstić information content (AvgIpc) is 2.48. The van der Waals surface area contributed by atoms with Crippen LogP contribution in [0.3, 0.4) is 0 Å². The first kappa shape index (κ1) is 14.1. The second kappa shape index (κ2) is 5.84. The molecule has 0 spiro atoms. The molecule has 1 aliphatic rings. The first-order valence-electron chi connectivity index (χ1n) is 6.81. The molecule has 20 heavy (non-hydrogen) atoms. The highest BCUT2D eigenvalue weighted by Crippen LogP contribution is 2.40. The first-order chi connectivity index (χ1) is 9.66. The maximum absolute atomic E-state index is 6.51. The van der Waals surface area contributed by atoms with Crippen molar-refractivity contribution in [2.24, 2.45) is 5.73 Å². The van der Waals surface area contributed by atoms with Crippen LogP contribution < -0.4 is 5.73 Å². The monoisotopic (exact) mass is 350 g/mol. The molecule has 1 aromatic carbocycles. The summed E-state index contributed by atoms with van der Waals surface area (Å²) in [6, 6.07) is 9.88. The number of hydrogen-bond donors (Lipinski definition) is 1. The summed E-state index contributed by atoms with van der Waals surface area (Å²) < 4.78 is 1.00. The summed E-state index contributed by atoms with van der Waals surface area (Å²) in [5.74, 6) is 0.242. The Morgan fingerprint density at radius 2 is 2.20 bits per heavy atom. The minimum absolute atomic E-state index is 0.117. The minimum Gasteiger partial charge on any atom is -0.323 e. The van der Waals surface area contributed by atoms with E-state index in [0.717, 1.165) is 40.0 Å². The summed E-state index contributed by atoms with van der Waals surface area (Å²) in [7, 11) is 0. The van der Waals surface area contributed by atoms with E-state index in [0.29, 0.717) is 0 Å². The molecule has 3 rings (SSSR count). The Labute approximate surface area is 132 Å². The van der Waals surface area contributed by atoms with Gasteiger partial charge in [-0.25, -0.2) is 0 Å². The van der Waals surface area contributed by atoms with Gasteiger partial charge in [-0.15, -0.1) is 0 Å². The van der Waals surface area contributed by atoms with Gasteiger partial charge in [-0.2, -0.15) is 0 Å². The lowest BCUT2D eigenvalue weighted by molar-refractivity contribution is 0.463. The molecule has 104 valence electrons. The van der Waals surface area contributed by atoms with Gasteiger partial charge >= 0.3 is 0 Å². The molecule has 0 aliphatic heterocycles. The number of rotatable bonds is 2. The van der Waals surface area contributed by atoms with Crippen molar-refractivity contribution in [2.45, 2.75) is 31.2 Å². The lowest BCUT2D eigenvalue weighted by Crippen LogP contribution is -2.24.